The third kappa shape index (κ3) is 1.65. The van der Waals surface area contributed by atoms with Gasteiger partial charge in [0.25, 0.3) is 0 Å². The Morgan fingerprint density at radius 3 is 2.59 bits per heavy atom. The summed E-state index contributed by atoms with van der Waals surface area (Å²) in [4.78, 5) is 12.8. The van der Waals surface area contributed by atoms with Gasteiger partial charge in [-0.1, -0.05) is 0 Å². The van der Waals surface area contributed by atoms with Gasteiger partial charge in [-0.25, -0.2) is 0 Å². The minimum Gasteiger partial charge on any atom is -0.264 e. The van der Waals surface area contributed by atoms with E-state index in [0.29, 0.717) is 0 Å². The van der Waals surface area contributed by atoms with E-state index < -0.39 is 0 Å². The van der Waals surface area contributed by atoms with E-state index in [0.717, 1.165) is 22.0 Å². The van der Waals surface area contributed by atoms with Gasteiger partial charge >= 0.3 is 0 Å². The van der Waals surface area contributed by atoms with Crippen molar-refractivity contribution in [3.8, 4) is 11.3 Å². The van der Waals surface area contributed by atoms with Crippen molar-refractivity contribution in [1.82, 2.24) is 15.0 Å². The van der Waals surface area contributed by atoms with Crippen molar-refractivity contribution in [2.24, 2.45) is 0 Å². The Morgan fingerprint density at radius 2 is 1.71 bits per heavy atom. The molecule has 0 radical (unpaired) electrons. The molecule has 0 spiro atoms. The van der Waals surface area contributed by atoms with Gasteiger partial charge in [-0.2, -0.15) is 0 Å². The van der Waals surface area contributed by atoms with Gasteiger partial charge in [0.2, 0.25) is 0 Å². The van der Waals surface area contributed by atoms with Crippen molar-refractivity contribution in [3.63, 3.8) is 0 Å². The largest absolute Gasteiger partial charge is 0.264 e. The quantitative estimate of drug-likeness (QED) is 0.634. The smallest absolute Gasteiger partial charge is 0.0799 e. The molecule has 3 heterocycles. The standard InChI is InChI=1S/C14H11N3/c1-10-2-5-16-9-13(10)14-12-4-6-15-8-11(12)3-7-17-14/h2-9H,1H3. The first-order valence-electron chi connectivity index (χ1n) is 5.46. The minimum atomic E-state index is 0.968. The highest BCUT2D eigenvalue weighted by molar-refractivity contribution is 5.94. The Morgan fingerprint density at radius 1 is 0.882 bits per heavy atom. The highest BCUT2D eigenvalue weighted by Crippen LogP contribution is 2.27. The Hall–Kier alpha value is -2.29. The number of pyridine rings is 3. The Kier molecular flexibility index (Phi) is 2.29. The molecule has 0 bridgehead atoms. The van der Waals surface area contributed by atoms with Crippen molar-refractivity contribution < 1.29 is 0 Å². The van der Waals surface area contributed by atoms with E-state index in [4.69, 9.17) is 0 Å². The van der Waals surface area contributed by atoms with E-state index in [-0.39, 0.29) is 0 Å². The number of hydrogen-bond acceptors (Lipinski definition) is 3. The Bertz CT molecular complexity index is 672. The average Bonchev–Trinajstić information content (AvgIpc) is 2.39. The van der Waals surface area contributed by atoms with E-state index in [9.17, 15) is 0 Å². The molecule has 82 valence electrons. The average molecular weight is 221 g/mol. The van der Waals surface area contributed by atoms with Crippen LogP contribution >= 0.6 is 0 Å². The fraction of sp³-hybridized carbons (Fsp3) is 0.0714. The van der Waals surface area contributed by atoms with Crippen molar-refractivity contribution in [1.29, 1.82) is 0 Å². The van der Waals surface area contributed by atoms with Crippen LogP contribution in [0.4, 0.5) is 0 Å². The lowest BCUT2D eigenvalue weighted by atomic mass is 10.0. The van der Waals surface area contributed by atoms with Gasteiger partial charge in [-0.05, 0) is 30.7 Å². The molecular formula is C14H11N3. The van der Waals surface area contributed by atoms with Crippen LogP contribution in [0, 0.1) is 6.92 Å². The van der Waals surface area contributed by atoms with Crippen LogP contribution in [0.3, 0.4) is 0 Å². The SMILES string of the molecule is Cc1ccncc1-c1nccc2cnccc12. The van der Waals surface area contributed by atoms with Gasteiger partial charge < -0.3 is 0 Å². The second kappa shape index (κ2) is 3.94. The maximum absolute atomic E-state index is 4.47. The highest BCUT2D eigenvalue weighted by Gasteiger charge is 2.07. The topological polar surface area (TPSA) is 38.7 Å². The summed E-state index contributed by atoms with van der Waals surface area (Å²) in [5.41, 5.74) is 3.22. The molecule has 3 aromatic rings. The van der Waals surface area contributed by atoms with Gasteiger partial charge in [-0.15, -0.1) is 0 Å². The molecule has 0 aliphatic heterocycles. The summed E-state index contributed by atoms with van der Waals surface area (Å²) < 4.78 is 0. The first kappa shape index (κ1) is 9.90. The first-order valence-corrected chi connectivity index (χ1v) is 5.46. The van der Waals surface area contributed by atoms with Crippen molar-refractivity contribution in [3.05, 3.63) is 54.7 Å². The summed E-state index contributed by atoms with van der Waals surface area (Å²) in [5, 5.41) is 2.21. The molecule has 0 unspecified atom stereocenters. The number of aromatic nitrogens is 3. The lowest BCUT2D eigenvalue weighted by Crippen LogP contribution is -1.90. The molecule has 0 saturated carbocycles. The Labute approximate surface area is 99.2 Å². The molecule has 0 aliphatic rings. The molecular weight excluding hydrogens is 210 g/mol. The summed E-state index contributed by atoms with van der Waals surface area (Å²) in [5.74, 6) is 0. The van der Waals surface area contributed by atoms with E-state index in [1.807, 2.05) is 36.8 Å². The Balaban J connectivity index is 2.35. The molecule has 0 amide bonds. The third-order valence-electron chi connectivity index (χ3n) is 2.86. The zero-order chi connectivity index (χ0) is 11.7. The van der Waals surface area contributed by atoms with Crippen LogP contribution in [0.5, 0.6) is 0 Å². The van der Waals surface area contributed by atoms with Crippen LogP contribution in [-0.2, 0) is 0 Å². The van der Waals surface area contributed by atoms with Crippen molar-refractivity contribution in [2.45, 2.75) is 6.92 Å². The molecule has 3 rings (SSSR count). The molecule has 3 nitrogen and oxygen atoms in total. The number of hydrogen-bond donors (Lipinski definition) is 0. The molecule has 0 aromatic carbocycles. The van der Waals surface area contributed by atoms with E-state index in [1.54, 1.807) is 12.4 Å². The second-order valence-electron chi connectivity index (χ2n) is 3.95. The fourth-order valence-corrected chi connectivity index (χ4v) is 1.94. The summed E-state index contributed by atoms with van der Waals surface area (Å²) in [6.45, 7) is 2.07. The lowest BCUT2D eigenvalue weighted by molar-refractivity contribution is 1.25. The predicted octanol–water partition coefficient (Wildman–Crippen LogP) is 3.00. The summed E-state index contributed by atoms with van der Waals surface area (Å²) in [7, 11) is 0. The van der Waals surface area contributed by atoms with Crippen molar-refractivity contribution >= 4 is 10.8 Å². The van der Waals surface area contributed by atoms with Gasteiger partial charge in [0.1, 0.15) is 0 Å². The molecule has 0 fully saturated rings. The lowest BCUT2D eigenvalue weighted by Gasteiger charge is -2.07. The van der Waals surface area contributed by atoms with Crippen LogP contribution in [0.15, 0.2) is 49.2 Å². The minimum absolute atomic E-state index is 0.968. The maximum Gasteiger partial charge on any atom is 0.0799 e. The second-order valence-corrected chi connectivity index (χ2v) is 3.95. The van der Waals surface area contributed by atoms with E-state index in [1.165, 1.54) is 5.56 Å². The summed E-state index contributed by atoms with van der Waals surface area (Å²) >= 11 is 0. The molecule has 0 aliphatic carbocycles. The number of aryl methyl sites for hydroxylation is 1. The molecule has 0 saturated heterocycles. The van der Waals surface area contributed by atoms with Crippen LogP contribution in [-0.4, -0.2) is 15.0 Å². The zero-order valence-corrected chi connectivity index (χ0v) is 9.46. The highest BCUT2D eigenvalue weighted by atomic mass is 14.7. The fourth-order valence-electron chi connectivity index (χ4n) is 1.94. The van der Waals surface area contributed by atoms with Crippen LogP contribution in [0.2, 0.25) is 0 Å². The van der Waals surface area contributed by atoms with E-state index in [2.05, 4.69) is 21.9 Å². The number of rotatable bonds is 1. The summed E-state index contributed by atoms with van der Waals surface area (Å²) in [6, 6.07) is 5.96. The number of nitrogens with zero attached hydrogens (tertiary/aromatic N) is 3. The van der Waals surface area contributed by atoms with Crippen LogP contribution < -0.4 is 0 Å². The number of fused-ring (bicyclic) bond motifs is 1. The van der Waals surface area contributed by atoms with Crippen LogP contribution in [0.1, 0.15) is 5.56 Å². The predicted molar refractivity (Wildman–Crippen MR) is 67.5 cm³/mol. The normalized spacial score (nSPS) is 10.6. The molecule has 3 aromatic heterocycles. The van der Waals surface area contributed by atoms with Gasteiger partial charge in [-0.3, -0.25) is 15.0 Å². The van der Waals surface area contributed by atoms with Crippen molar-refractivity contribution in [2.75, 3.05) is 0 Å². The van der Waals surface area contributed by atoms with Gasteiger partial charge in [0.15, 0.2) is 0 Å². The van der Waals surface area contributed by atoms with Gasteiger partial charge in [0.05, 0.1) is 5.69 Å². The molecule has 17 heavy (non-hydrogen) atoms. The zero-order valence-electron chi connectivity index (χ0n) is 9.46. The summed E-state index contributed by atoms with van der Waals surface area (Å²) in [6.07, 6.45) is 9.11. The third-order valence-corrected chi connectivity index (χ3v) is 2.86. The molecule has 0 atom stereocenters. The molecule has 0 N–H and O–H groups in total. The monoisotopic (exact) mass is 221 g/mol. The maximum atomic E-state index is 4.47. The van der Waals surface area contributed by atoms with Crippen LogP contribution in [0.25, 0.3) is 22.0 Å². The van der Waals surface area contributed by atoms with Gasteiger partial charge in [0, 0.05) is 47.3 Å². The van der Waals surface area contributed by atoms with E-state index >= 15 is 0 Å². The molecule has 3 heteroatoms. The first-order chi connectivity index (χ1) is 8.36.